The summed E-state index contributed by atoms with van der Waals surface area (Å²) in [4.78, 5) is 32.5. The van der Waals surface area contributed by atoms with Gasteiger partial charge in [-0.05, 0) is 57.5 Å². The van der Waals surface area contributed by atoms with Gasteiger partial charge in [0.2, 0.25) is 0 Å². The van der Waals surface area contributed by atoms with E-state index < -0.39 is 5.97 Å². The minimum Gasteiger partial charge on any atom is -0.496 e. The van der Waals surface area contributed by atoms with E-state index in [0.717, 1.165) is 41.8 Å². The van der Waals surface area contributed by atoms with Gasteiger partial charge in [0.15, 0.2) is 0 Å². The van der Waals surface area contributed by atoms with E-state index in [4.69, 9.17) is 19.4 Å². The SMILES string of the molecule is CCC1[C@H](COCC(=O)O)ON(Cc2cccc(-c3cccc(C(=O)N[C@H](CC(C)C)CN(C)C)c3)c2OC)[C@@H]1C. The molecule has 2 aromatic carbocycles. The standard InChI is InChI=1S/C32H47N3O6/c1-8-27-22(4)35(41-29(27)19-40-20-30(36)37)17-25-13-10-14-28(31(25)39-7)23-11-9-12-24(16-23)32(38)33-26(15-21(2)3)18-34(5)6/h9-14,16,21-22,26-27,29H,8,15,17-20H2,1-7H3,(H,33,38)(H,36,37)/t22-,26-,27?,29+/m1/s1. The number of carboxylic acid groups (broad SMARTS) is 1. The van der Waals surface area contributed by atoms with E-state index in [1.165, 1.54) is 0 Å². The largest absolute Gasteiger partial charge is 0.496 e. The van der Waals surface area contributed by atoms with Gasteiger partial charge in [0.1, 0.15) is 18.5 Å². The topological polar surface area (TPSA) is 101 Å². The number of aliphatic carboxylic acids is 1. The molecule has 0 bridgehead atoms. The molecule has 1 amide bonds. The molecule has 2 N–H and O–H groups in total. The Hall–Kier alpha value is -2.98. The van der Waals surface area contributed by atoms with Crippen LogP contribution in [0.5, 0.6) is 5.75 Å². The van der Waals surface area contributed by atoms with Gasteiger partial charge in [-0.1, -0.05) is 51.1 Å². The fraction of sp³-hybridized carbons (Fsp3) is 0.562. The van der Waals surface area contributed by atoms with E-state index in [1.54, 1.807) is 7.11 Å². The van der Waals surface area contributed by atoms with E-state index in [9.17, 15) is 9.59 Å². The molecule has 9 heteroatoms. The maximum absolute atomic E-state index is 13.3. The van der Waals surface area contributed by atoms with E-state index in [0.29, 0.717) is 18.0 Å². The number of likely N-dealkylation sites (N-methyl/N-ethyl adjacent to an activating group) is 1. The average Bonchev–Trinajstić information content (AvgIpc) is 3.21. The number of nitrogens with zero attached hydrogens (tertiary/aromatic N) is 2. The summed E-state index contributed by atoms with van der Waals surface area (Å²) in [5.41, 5.74) is 3.35. The summed E-state index contributed by atoms with van der Waals surface area (Å²) in [6.45, 7) is 9.71. The van der Waals surface area contributed by atoms with E-state index in [1.807, 2.05) is 61.6 Å². The lowest BCUT2D eigenvalue weighted by atomic mass is 9.93. The monoisotopic (exact) mass is 569 g/mol. The lowest BCUT2D eigenvalue weighted by Gasteiger charge is -2.24. The van der Waals surface area contributed by atoms with Gasteiger partial charge in [0, 0.05) is 41.2 Å². The van der Waals surface area contributed by atoms with E-state index >= 15 is 0 Å². The molecule has 0 spiro atoms. The third kappa shape index (κ3) is 9.00. The molecule has 3 rings (SSSR count). The third-order valence-corrected chi connectivity index (χ3v) is 7.54. The number of carbonyl (C=O) groups excluding carboxylic acids is 1. The van der Waals surface area contributed by atoms with Crippen LogP contribution in [0.15, 0.2) is 42.5 Å². The molecule has 1 fully saturated rings. The summed E-state index contributed by atoms with van der Waals surface area (Å²) in [7, 11) is 5.69. The quantitative estimate of drug-likeness (QED) is 0.318. The van der Waals surface area contributed by atoms with Crippen molar-refractivity contribution in [3.05, 3.63) is 53.6 Å². The van der Waals surface area contributed by atoms with Crippen LogP contribution in [0.3, 0.4) is 0 Å². The van der Waals surface area contributed by atoms with Gasteiger partial charge in [-0.25, -0.2) is 4.79 Å². The molecular weight excluding hydrogens is 522 g/mol. The lowest BCUT2D eigenvalue weighted by molar-refractivity contribution is -0.181. The number of nitrogens with one attached hydrogen (secondary N) is 1. The molecule has 41 heavy (non-hydrogen) atoms. The zero-order valence-corrected chi connectivity index (χ0v) is 25.6. The Kier molecular flexibility index (Phi) is 12.1. The first-order valence-corrected chi connectivity index (χ1v) is 14.5. The van der Waals surface area contributed by atoms with Crippen molar-refractivity contribution in [1.82, 2.24) is 15.3 Å². The number of para-hydroxylation sites is 1. The highest BCUT2D eigenvalue weighted by Gasteiger charge is 2.40. The van der Waals surface area contributed by atoms with Gasteiger partial charge >= 0.3 is 5.97 Å². The van der Waals surface area contributed by atoms with Crippen molar-refractivity contribution >= 4 is 11.9 Å². The minimum absolute atomic E-state index is 0.0618. The lowest BCUT2D eigenvalue weighted by Crippen LogP contribution is -2.42. The van der Waals surface area contributed by atoms with Crippen LogP contribution in [0.25, 0.3) is 11.1 Å². The molecule has 1 unspecified atom stereocenters. The number of amides is 1. The minimum atomic E-state index is -0.993. The fourth-order valence-corrected chi connectivity index (χ4v) is 5.71. The molecule has 0 radical (unpaired) electrons. The maximum Gasteiger partial charge on any atom is 0.329 e. The molecule has 0 aliphatic carbocycles. The number of methoxy groups -OCH3 is 1. The van der Waals surface area contributed by atoms with Crippen molar-refractivity contribution in [2.75, 3.05) is 41.0 Å². The molecule has 1 saturated heterocycles. The maximum atomic E-state index is 13.3. The van der Waals surface area contributed by atoms with Crippen LogP contribution in [0.4, 0.5) is 0 Å². The van der Waals surface area contributed by atoms with Crippen LogP contribution in [0.2, 0.25) is 0 Å². The Balaban J connectivity index is 1.80. The number of benzene rings is 2. The highest BCUT2D eigenvalue weighted by atomic mass is 16.7. The summed E-state index contributed by atoms with van der Waals surface area (Å²) in [5.74, 6) is 0.328. The van der Waals surface area contributed by atoms with Crippen molar-refractivity contribution in [2.24, 2.45) is 11.8 Å². The number of ether oxygens (including phenoxy) is 2. The van der Waals surface area contributed by atoms with Crippen molar-refractivity contribution in [3.63, 3.8) is 0 Å². The molecule has 1 heterocycles. The molecule has 1 aliphatic rings. The Morgan fingerprint density at radius 2 is 1.90 bits per heavy atom. The predicted octanol–water partition coefficient (Wildman–Crippen LogP) is 4.70. The summed E-state index contributed by atoms with van der Waals surface area (Å²) < 4.78 is 11.3. The zero-order valence-electron chi connectivity index (χ0n) is 25.6. The molecular formula is C32H47N3O6. The van der Waals surface area contributed by atoms with Crippen molar-refractivity contribution < 1.29 is 29.0 Å². The van der Waals surface area contributed by atoms with E-state index in [-0.39, 0.29) is 43.2 Å². The summed E-state index contributed by atoms with van der Waals surface area (Å²) in [6.07, 6.45) is 1.57. The Labute approximate surface area is 244 Å². The van der Waals surface area contributed by atoms with Gasteiger partial charge in [0.25, 0.3) is 5.91 Å². The third-order valence-electron chi connectivity index (χ3n) is 7.54. The van der Waals surface area contributed by atoms with Gasteiger partial charge in [-0.2, -0.15) is 5.06 Å². The highest BCUT2D eigenvalue weighted by molar-refractivity contribution is 5.96. The number of carboxylic acids is 1. The van der Waals surface area contributed by atoms with Crippen molar-refractivity contribution in [3.8, 4) is 16.9 Å². The van der Waals surface area contributed by atoms with Crippen LogP contribution in [0.1, 0.15) is 56.5 Å². The number of hydrogen-bond acceptors (Lipinski definition) is 7. The Bertz CT molecular complexity index is 1140. The Morgan fingerprint density at radius 3 is 2.54 bits per heavy atom. The number of rotatable bonds is 15. The van der Waals surface area contributed by atoms with Crippen LogP contribution in [-0.4, -0.2) is 86.1 Å². The van der Waals surface area contributed by atoms with Gasteiger partial charge in [-0.15, -0.1) is 0 Å². The second-order valence-corrected chi connectivity index (χ2v) is 11.6. The molecule has 9 nitrogen and oxygen atoms in total. The molecule has 226 valence electrons. The predicted molar refractivity (Wildman–Crippen MR) is 160 cm³/mol. The van der Waals surface area contributed by atoms with Crippen LogP contribution >= 0.6 is 0 Å². The summed E-state index contributed by atoms with van der Waals surface area (Å²) in [6, 6.07) is 13.8. The normalized spacial score (nSPS) is 20.0. The molecule has 2 aromatic rings. The highest BCUT2D eigenvalue weighted by Crippen LogP contribution is 2.37. The first kappa shape index (κ1) is 32.5. The average molecular weight is 570 g/mol. The zero-order chi connectivity index (χ0) is 30.1. The van der Waals surface area contributed by atoms with Crippen molar-refractivity contribution in [1.29, 1.82) is 0 Å². The molecule has 0 saturated carbocycles. The molecule has 0 aromatic heterocycles. The van der Waals surface area contributed by atoms with Crippen molar-refractivity contribution in [2.45, 2.75) is 65.3 Å². The second-order valence-electron chi connectivity index (χ2n) is 11.6. The fourth-order valence-electron chi connectivity index (χ4n) is 5.71. The van der Waals surface area contributed by atoms with Crippen LogP contribution in [-0.2, 0) is 20.9 Å². The summed E-state index contributed by atoms with van der Waals surface area (Å²) >= 11 is 0. The number of hydroxylamine groups is 2. The Morgan fingerprint density at radius 1 is 1.17 bits per heavy atom. The van der Waals surface area contributed by atoms with E-state index in [2.05, 4.69) is 37.9 Å². The van der Waals surface area contributed by atoms with Gasteiger partial charge in [0.05, 0.1) is 20.3 Å². The molecule has 4 atom stereocenters. The van der Waals surface area contributed by atoms with Gasteiger partial charge < -0.3 is 24.8 Å². The first-order valence-electron chi connectivity index (χ1n) is 14.5. The van der Waals surface area contributed by atoms with Gasteiger partial charge in [-0.3, -0.25) is 9.63 Å². The molecule has 1 aliphatic heterocycles. The van der Waals surface area contributed by atoms with Crippen LogP contribution < -0.4 is 10.1 Å². The van der Waals surface area contributed by atoms with Crippen LogP contribution in [0, 0.1) is 11.8 Å². The number of carbonyl (C=O) groups is 2. The smallest absolute Gasteiger partial charge is 0.329 e. The summed E-state index contributed by atoms with van der Waals surface area (Å²) in [5, 5.41) is 14.1. The number of hydrogen-bond donors (Lipinski definition) is 2. The first-order chi connectivity index (χ1) is 19.5. The second kappa shape index (κ2) is 15.3.